The van der Waals surface area contributed by atoms with E-state index in [1.807, 2.05) is 19.1 Å². The molecule has 0 aliphatic rings. The molecule has 1 aromatic carbocycles. The van der Waals surface area contributed by atoms with Gasteiger partial charge in [-0.15, -0.1) is 0 Å². The van der Waals surface area contributed by atoms with Crippen LogP contribution in [-0.4, -0.2) is 17.0 Å². The summed E-state index contributed by atoms with van der Waals surface area (Å²) in [7, 11) is 1.54. The largest absolute Gasteiger partial charge is 0.495 e. The maximum atomic E-state index is 10.9. The summed E-state index contributed by atoms with van der Waals surface area (Å²) in [5, 5.41) is 13.9. The van der Waals surface area contributed by atoms with Crippen LogP contribution in [0.15, 0.2) is 36.5 Å². The van der Waals surface area contributed by atoms with Crippen LogP contribution in [0.5, 0.6) is 5.75 Å². The van der Waals surface area contributed by atoms with Gasteiger partial charge in [-0.25, -0.2) is 4.98 Å². The zero-order valence-electron chi connectivity index (χ0n) is 10.6. The summed E-state index contributed by atoms with van der Waals surface area (Å²) in [6.07, 6.45) is 1.50. The van der Waals surface area contributed by atoms with Gasteiger partial charge >= 0.3 is 5.69 Å². The zero-order valence-corrected chi connectivity index (χ0v) is 10.6. The molecule has 19 heavy (non-hydrogen) atoms. The smallest absolute Gasteiger partial charge is 0.311 e. The van der Waals surface area contributed by atoms with E-state index in [2.05, 4.69) is 10.3 Å². The van der Waals surface area contributed by atoms with Crippen LogP contribution in [0.4, 0.5) is 17.2 Å². The van der Waals surface area contributed by atoms with E-state index in [9.17, 15) is 10.1 Å². The fraction of sp³-hybridized carbons (Fsp3) is 0.154. The second-order valence-electron chi connectivity index (χ2n) is 3.96. The van der Waals surface area contributed by atoms with Gasteiger partial charge in [-0.2, -0.15) is 0 Å². The number of benzene rings is 1. The highest BCUT2D eigenvalue weighted by atomic mass is 16.6. The molecule has 1 heterocycles. The normalized spacial score (nSPS) is 10.0. The van der Waals surface area contributed by atoms with Crippen LogP contribution in [0.2, 0.25) is 0 Å². The van der Waals surface area contributed by atoms with Crippen LogP contribution in [0, 0.1) is 17.0 Å². The maximum Gasteiger partial charge on any atom is 0.311 e. The Balaban J connectivity index is 2.41. The predicted octanol–water partition coefficient (Wildman–Crippen LogP) is 3.05. The summed E-state index contributed by atoms with van der Waals surface area (Å²) in [4.78, 5) is 14.4. The average Bonchev–Trinajstić information content (AvgIpc) is 2.39. The fourth-order valence-electron chi connectivity index (χ4n) is 1.69. The number of aryl methyl sites for hydroxylation is 1. The number of nitro groups is 1. The summed E-state index contributed by atoms with van der Waals surface area (Å²) in [5.41, 5.74) is 1.58. The molecule has 2 aromatic rings. The van der Waals surface area contributed by atoms with Crippen molar-refractivity contribution in [3.63, 3.8) is 0 Å². The fourth-order valence-corrected chi connectivity index (χ4v) is 1.69. The number of hydrogen-bond donors (Lipinski definition) is 1. The van der Waals surface area contributed by atoms with Gasteiger partial charge in [0, 0.05) is 12.3 Å². The summed E-state index contributed by atoms with van der Waals surface area (Å²) in [6, 6.07) is 8.47. The Morgan fingerprint density at radius 1 is 1.37 bits per heavy atom. The number of nitrogens with zero attached hydrogens (tertiary/aromatic N) is 2. The lowest BCUT2D eigenvalue weighted by atomic mass is 10.2. The number of rotatable bonds is 4. The number of anilines is 2. The molecule has 1 aromatic heterocycles. The molecule has 0 bridgehead atoms. The first-order chi connectivity index (χ1) is 9.11. The van der Waals surface area contributed by atoms with Crippen LogP contribution in [0.3, 0.4) is 0 Å². The minimum absolute atomic E-state index is 0.0777. The third-order valence-electron chi connectivity index (χ3n) is 2.59. The number of aromatic nitrogens is 1. The Bertz CT molecular complexity index is 614. The Hall–Kier alpha value is -2.63. The first-order valence-corrected chi connectivity index (χ1v) is 5.63. The Labute approximate surface area is 110 Å². The highest BCUT2D eigenvalue weighted by Crippen LogP contribution is 2.31. The third kappa shape index (κ3) is 2.79. The highest BCUT2D eigenvalue weighted by Gasteiger charge is 2.15. The SMILES string of the molecule is COc1ccc(C)cc1Nc1ncccc1[N+](=O)[O-]. The lowest BCUT2D eigenvalue weighted by Crippen LogP contribution is -2.01. The van der Waals surface area contributed by atoms with Crippen molar-refractivity contribution in [2.24, 2.45) is 0 Å². The van der Waals surface area contributed by atoms with Crippen molar-refractivity contribution in [3.05, 3.63) is 52.2 Å². The van der Waals surface area contributed by atoms with Gasteiger partial charge in [0.15, 0.2) is 0 Å². The molecule has 0 fully saturated rings. The molecule has 0 saturated carbocycles. The molecule has 6 heteroatoms. The van der Waals surface area contributed by atoms with E-state index in [0.717, 1.165) is 5.56 Å². The number of pyridine rings is 1. The van der Waals surface area contributed by atoms with E-state index >= 15 is 0 Å². The van der Waals surface area contributed by atoms with E-state index in [-0.39, 0.29) is 11.5 Å². The summed E-state index contributed by atoms with van der Waals surface area (Å²) in [5.74, 6) is 0.793. The maximum absolute atomic E-state index is 10.9. The van der Waals surface area contributed by atoms with E-state index in [4.69, 9.17) is 4.74 Å². The van der Waals surface area contributed by atoms with Gasteiger partial charge in [0.05, 0.1) is 17.7 Å². The predicted molar refractivity (Wildman–Crippen MR) is 71.9 cm³/mol. The highest BCUT2D eigenvalue weighted by molar-refractivity contribution is 5.70. The number of methoxy groups -OCH3 is 1. The van der Waals surface area contributed by atoms with Crippen molar-refractivity contribution in [2.45, 2.75) is 6.92 Å². The van der Waals surface area contributed by atoms with E-state index < -0.39 is 4.92 Å². The van der Waals surface area contributed by atoms with Gasteiger partial charge in [-0.05, 0) is 30.7 Å². The van der Waals surface area contributed by atoms with Crippen LogP contribution in [0.1, 0.15) is 5.56 Å². The monoisotopic (exact) mass is 259 g/mol. The summed E-state index contributed by atoms with van der Waals surface area (Å²) in [6.45, 7) is 1.93. The molecule has 2 rings (SSSR count). The van der Waals surface area contributed by atoms with Crippen molar-refractivity contribution < 1.29 is 9.66 Å². The standard InChI is InChI=1S/C13H13N3O3/c1-9-5-6-12(19-2)10(8-9)15-13-11(16(17)18)4-3-7-14-13/h3-8H,1-2H3,(H,14,15). The number of nitrogens with one attached hydrogen (secondary N) is 1. The molecule has 0 amide bonds. The lowest BCUT2D eigenvalue weighted by Gasteiger charge is -2.11. The second-order valence-corrected chi connectivity index (χ2v) is 3.96. The molecule has 0 saturated heterocycles. The van der Waals surface area contributed by atoms with Crippen LogP contribution in [0.25, 0.3) is 0 Å². The number of hydrogen-bond acceptors (Lipinski definition) is 5. The number of ether oxygens (including phenoxy) is 1. The molecule has 6 nitrogen and oxygen atoms in total. The molecule has 0 spiro atoms. The first kappa shape index (κ1) is 12.8. The molecule has 0 aliphatic heterocycles. The van der Waals surface area contributed by atoms with Gasteiger partial charge in [-0.1, -0.05) is 6.07 Å². The van der Waals surface area contributed by atoms with Gasteiger partial charge in [0.2, 0.25) is 5.82 Å². The Kier molecular flexibility index (Phi) is 3.61. The van der Waals surface area contributed by atoms with Crippen molar-refractivity contribution in [1.29, 1.82) is 0 Å². The summed E-state index contributed by atoms with van der Waals surface area (Å²) < 4.78 is 5.21. The van der Waals surface area contributed by atoms with Crippen molar-refractivity contribution in [2.75, 3.05) is 12.4 Å². The summed E-state index contributed by atoms with van der Waals surface area (Å²) >= 11 is 0. The van der Waals surface area contributed by atoms with Gasteiger partial charge in [0.25, 0.3) is 0 Å². The molecule has 98 valence electrons. The van der Waals surface area contributed by atoms with Crippen LogP contribution >= 0.6 is 0 Å². The van der Waals surface area contributed by atoms with Gasteiger partial charge < -0.3 is 10.1 Å². The minimum Gasteiger partial charge on any atom is -0.495 e. The Morgan fingerprint density at radius 3 is 2.84 bits per heavy atom. The van der Waals surface area contributed by atoms with E-state index in [0.29, 0.717) is 11.4 Å². The molecule has 1 N–H and O–H groups in total. The van der Waals surface area contributed by atoms with E-state index in [1.165, 1.54) is 18.3 Å². The second kappa shape index (κ2) is 5.34. The third-order valence-corrected chi connectivity index (χ3v) is 2.59. The molecule has 0 aliphatic carbocycles. The zero-order chi connectivity index (χ0) is 13.8. The van der Waals surface area contributed by atoms with Crippen LogP contribution in [-0.2, 0) is 0 Å². The average molecular weight is 259 g/mol. The van der Waals surface area contributed by atoms with E-state index in [1.54, 1.807) is 13.2 Å². The lowest BCUT2D eigenvalue weighted by molar-refractivity contribution is -0.384. The van der Waals surface area contributed by atoms with Crippen molar-refractivity contribution in [1.82, 2.24) is 4.98 Å². The minimum atomic E-state index is -0.475. The van der Waals surface area contributed by atoms with Crippen LogP contribution < -0.4 is 10.1 Å². The topological polar surface area (TPSA) is 77.3 Å². The first-order valence-electron chi connectivity index (χ1n) is 5.63. The molecule has 0 unspecified atom stereocenters. The Morgan fingerprint density at radius 2 is 2.16 bits per heavy atom. The van der Waals surface area contributed by atoms with Gasteiger partial charge in [0.1, 0.15) is 5.75 Å². The molecule has 0 radical (unpaired) electrons. The molecular weight excluding hydrogens is 246 g/mol. The van der Waals surface area contributed by atoms with Crippen molar-refractivity contribution >= 4 is 17.2 Å². The van der Waals surface area contributed by atoms with Crippen molar-refractivity contribution in [3.8, 4) is 5.75 Å². The molecular formula is C13H13N3O3. The van der Waals surface area contributed by atoms with Gasteiger partial charge in [-0.3, -0.25) is 10.1 Å². The molecule has 0 atom stereocenters. The quantitative estimate of drug-likeness (QED) is 0.674.